The molecule has 2 N–H and O–H groups in total. The zero-order valence-corrected chi connectivity index (χ0v) is 14.2. The lowest BCUT2D eigenvalue weighted by Crippen LogP contribution is -2.10. The highest BCUT2D eigenvalue weighted by Gasteiger charge is 2.14. The van der Waals surface area contributed by atoms with Crippen molar-refractivity contribution in [2.45, 2.75) is 0 Å². The van der Waals surface area contributed by atoms with Gasteiger partial charge in [0.25, 0.3) is 5.56 Å². The van der Waals surface area contributed by atoms with Crippen molar-refractivity contribution in [2.75, 3.05) is 12.5 Å². The molecule has 0 amide bonds. The normalized spacial score (nSPS) is 10.7. The van der Waals surface area contributed by atoms with E-state index in [1.54, 1.807) is 6.07 Å². The summed E-state index contributed by atoms with van der Waals surface area (Å²) in [6.45, 7) is 0. The number of H-pyrrole nitrogens is 1. The summed E-state index contributed by atoms with van der Waals surface area (Å²) in [5.41, 5.74) is 3.90. The summed E-state index contributed by atoms with van der Waals surface area (Å²) in [5, 5.41) is 15.0. The van der Waals surface area contributed by atoms with E-state index < -0.39 is 4.92 Å². The molecule has 1 heterocycles. The number of nitro benzene ring substituents is 1. The average molecular weight is 365 g/mol. The second-order valence-electron chi connectivity index (χ2n) is 5.40. The summed E-state index contributed by atoms with van der Waals surface area (Å²) in [6, 6.07) is 15.1. The molecule has 9 nitrogen and oxygen atoms in total. The standard InChI is InChI=1S/C18H15N5O4/c1-27-16-8-7-12(9-15(16)23(25)26)11-19-22-18-20-14(10-17(24)21-18)13-5-3-2-4-6-13/h2-11H,1H3,(H2,20,21,22,24)/b19-11-. The smallest absolute Gasteiger partial charge is 0.311 e. The van der Waals surface area contributed by atoms with Gasteiger partial charge in [0.05, 0.1) is 23.9 Å². The Morgan fingerprint density at radius 3 is 2.70 bits per heavy atom. The molecule has 0 unspecified atom stereocenters. The van der Waals surface area contributed by atoms with Gasteiger partial charge in [0.15, 0.2) is 5.75 Å². The number of hydrazone groups is 1. The van der Waals surface area contributed by atoms with Gasteiger partial charge in [0.1, 0.15) is 0 Å². The maximum absolute atomic E-state index is 11.8. The molecule has 3 aromatic rings. The van der Waals surface area contributed by atoms with Gasteiger partial charge in [-0.1, -0.05) is 30.3 Å². The lowest BCUT2D eigenvalue weighted by molar-refractivity contribution is -0.385. The number of rotatable bonds is 6. The minimum absolute atomic E-state index is 0.153. The number of anilines is 1. The molecule has 0 saturated carbocycles. The zero-order chi connectivity index (χ0) is 19.2. The summed E-state index contributed by atoms with van der Waals surface area (Å²) in [4.78, 5) is 29.2. The molecule has 0 radical (unpaired) electrons. The van der Waals surface area contributed by atoms with Crippen LogP contribution in [0.3, 0.4) is 0 Å². The third kappa shape index (κ3) is 4.34. The number of nitro groups is 1. The maximum atomic E-state index is 11.8. The predicted molar refractivity (Wildman–Crippen MR) is 101 cm³/mol. The van der Waals surface area contributed by atoms with Crippen LogP contribution >= 0.6 is 0 Å². The van der Waals surface area contributed by atoms with E-state index in [9.17, 15) is 14.9 Å². The number of nitrogens with one attached hydrogen (secondary N) is 2. The van der Waals surface area contributed by atoms with Crippen molar-refractivity contribution in [1.29, 1.82) is 0 Å². The van der Waals surface area contributed by atoms with Crippen molar-refractivity contribution in [3.63, 3.8) is 0 Å². The molecule has 0 fully saturated rings. The van der Waals surface area contributed by atoms with E-state index >= 15 is 0 Å². The Bertz CT molecular complexity index is 1050. The number of ether oxygens (including phenoxy) is 1. The number of methoxy groups -OCH3 is 1. The predicted octanol–water partition coefficient (Wildman–Crippen LogP) is 2.80. The van der Waals surface area contributed by atoms with E-state index in [-0.39, 0.29) is 22.9 Å². The second-order valence-corrected chi connectivity index (χ2v) is 5.40. The van der Waals surface area contributed by atoms with Gasteiger partial charge in [-0.2, -0.15) is 5.10 Å². The zero-order valence-electron chi connectivity index (χ0n) is 14.2. The molecule has 27 heavy (non-hydrogen) atoms. The quantitative estimate of drug-likeness (QED) is 0.393. The third-order valence-corrected chi connectivity index (χ3v) is 3.59. The largest absolute Gasteiger partial charge is 0.490 e. The van der Waals surface area contributed by atoms with E-state index in [4.69, 9.17) is 4.74 Å². The van der Waals surface area contributed by atoms with E-state index in [0.717, 1.165) is 5.56 Å². The fraction of sp³-hybridized carbons (Fsp3) is 0.0556. The maximum Gasteiger partial charge on any atom is 0.311 e. The highest BCUT2D eigenvalue weighted by Crippen LogP contribution is 2.26. The fourth-order valence-electron chi connectivity index (χ4n) is 2.37. The Balaban J connectivity index is 1.81. The molecule has 0 spiro atoms. The number of nitrogens with zero attached hydrogens (tertiary/aromatic N) is 3. The van der Waals surface area contributed by atoms with Gasteiger partial charge in [-0.25, -0.2) is 10.4 Å². The van der Waals surface area contributed by atoms with Gasteiger partial charge in [-0.05, 0) is 12.1 Å². The molecule has 9 heteroatoms. The molecular formula is C18H15N5O4. The van der Waals surface area contributed by atoms with Crippen molar-refractivity contribution in [2.24, 2.45) is 5.10 Å². The Hall–Kier alpha value is -4.01. The van der Waals surface area contributed by atoms with Crippen molar-refractivity contribution < 1.29 is 9.66 Å². The van der Waals surface area contributed by atoms with E-state index in [1.807, 2.05) is 30.3 Å². The molecule has 1 aromatic heterocycles. The summed E-state index contributed by atoms with van der Waals surface area (Å²) < 4.78 is 4.95. The van der Waals surface area contributed by atoms with Crippen LogP contribution in [0.2, 0.25) is 0 Å². The first kappa shape index (κ1) is 17.8. The van der Waals surface area contributed by atoms with Crippen LogP contribution in [-0.2, 0) is 0 Å². The molecule has 0 aliphatic rings. The lowest BCUT2D eigenvalue weighted by Gasteiger charge is -2.04. The molecule has 0 bridgehead atoms. The first-order valence-electron chi connectivity index (χ1n) is 7.85. The van der Waals surface area contributed by atoms with Crippen LogP contribution in [-0.4, -0.2) is 28.2 Å². The van der Waals surface area contributed by atoms with Crippen LogP contribution < -0.4 is 15.7 Å². The van der Waals surface area contributed by atoms with Gasteiger partial charge in [0.2, 0.25) is 5.95 Å². The van der Waals surface area contributed by atoms with Crippen molar-refractivity contribution in [3.05, 3.63) is 80.6 Å². The van der Waals surface area contributed by atoms with Crippen LogP contribution in [0.15, 0.2) is 64.5 Å². The van der Waals surface area contributed by atoms with Crippen LogP contribution in [0.1, 0.15) is 5.56 Å². The van der Waals surface area contributed by atoms with Crippen LogP contribution in [0, 0.1) is 10.1 Å². The molecule has 0 aliphatic heterocycles. The summed E-state index contributed by atoms with van der Waals surface area (Å²) >= 11 is 0. The third-order valence-electron chi connectivity index (χ3n) is 3.59. The van der Waals surface area contributed by atoms with Gasteiger partial charge in [-0.3, -0.25) is 19.9 Å². The average Bonchev–Trinajstić information content (AvgIpc) is 2.68. The Kier molecular flexibility index (Phi) is 5.22. The molecule has 2 aromatic carbocycles. The summed E-state index contributed by atoms with van der Waals surface area (Å²) in [6.07, 6.45) is 1.38. The van der Waals surface area contributed by atoms with Crippen LogP contribution in [0.25, 0.3) is 11.3 Å². The SMILES string of the molecule is COc1ccc(/C=N\Nc2nc(-c3ccccc3)cc(=O)[nH]2)cc1[N+](=O)[O-]. The number of aromatic amines is 1. The van der Waals surface area contributed by atoms with Crippen LogP contribution in [0.5, 0.6) is 5.75 Å². The molecular weight excluding hydrogens is 350 g/mol. The first-order chi connectivity index (χ1) is 13.1. The second kappa shape index (κ2) is 7.91. The summed E-state index contributed by atoms with van der Waals surface area (Å²) in [5.74, 6) is 0.312. The highest BCUT2D eigenvalue weighted by molar-refractivity contribution is 5.82. The van der Waals surface area contributed by atoms with E-state index in [1.165, 1.54) is 31.5 Å². The Labute approximate surface area is 153 Å². The first-order valence-corrected chi connectivity index (χ1v) is 7.85. The Morgan fingerprint density at radius 2 is 2.00 bits per heavy atom. The molecule has 0 saturated heterocycles. The van der Waals surface area contributed by atoms with E-state index in [2.05, 4.69) is 20.5 Å². The minimum atomic E-state index is -0.536. The van der Waals surface area contributed by atoms with Crippen molar-refractivity contribution >= 4 is 17.9 Å². The molecule has 3 rings (SSSR count). The summed E-state index contributed by atoms with van der Waals surface area (Å²) in [7, 11) is 1.36. The number of hydrogen-bond donors (Lipinski definition) is 2. The Morgan fingerprint density at radius 1 is 1.22 bits per heavy atom. The number of aromatic nitrogens is 2. The van der Waals surface area contributed by atoms with Crippen molar-refractivity contribution in [1.82, 2.24) is 9.97 Å². The van der Waals surface area contributed by atoms with Gasteiger partial charge >= 0.3 is 5.69 Å². The van der Waals surface area contributed by atoms with Crippen molar-refractivity contribution in [3.8, 4) is 17.0 Å². The topological polar surface area (TPSA) is 123 Å². The number of benzene rings is 2. The van der Waals surface area contributed by atoms with E-state index in [0.29, 0.717) is 11.3 Å². The molecule has 136 valence electrons. The van der Waals surface area contributed by atoms with Gasteiger partial charge < -0.3 is 4.74 Å². The highest BCUT2D eigenvalue weighted by atomic mass is 16.6. The lowest BCUT2D eigenvalue weighted by atomic mass is 10.1. The van der Waals surface area contributed by atoms with Gasteiger partial charge in [0, 0.05) is 23.3 Å². The minimum Gasteiger partial charge on any atom is -0.490 e. The fourth-order valence-corrected chi connectivity index (χ4v) is 2.37. The molecule has 0 aliphatic carbocycles. The monoisotopic (exact) mass is 365 g/mol. The van der Waals surface area contributed by atoms with Gasteiger partial charge in [-0.15, -0.1) is 0 Å². The molecule has 0 atom stereocenters. The number of hydrogen-bond acceptors (Lipinski definition) is 7. The van der Waals surface area contributed by atoms with Crippen LogP contribution in [0.4, 0.5) is 11.6 Å².